The molecule has 0 fully saturated rings. The largest absolute Gasteiger partial charge is 0.366 e. The molecule has 2 aromatic carbocycles. The molecule has 1 aliphatic rings. The van der Waals surface area contributed by atoms with Gasteiger partial charge in [-0.2, -0.15) is 0 Å². The summed E-state index contributed by atoms with van der Waals surface area (Å²) in [6.45, 7) is 2.30. The highest BCUT2D eigenvalue weighted by Crippen LogP contribution is 2.31. The van der Waals surface area contributed by atoms with Crippen LogP contribution in [0.5, 0.6) is 0 Å². The highest BCUT2D eigenvalue weighted by molar-refractivity contribution is 6.09. The number of rotatable bonds is 5. The molecule has 1 amide bonds. The molecule has 0 saturated carbocycles. The fraction of sp³-hybridized carbons (Fsp3) is 0.174. The van der Waals surface area contributed by atoms with Crippen LogP contribution in [0, 0.1) is 0 Å². The van der Waals surface area contributed by atoms with Crippen LogP contribution in [0.4, 0.5) is 5.82 Å². The first-order valence-electron chi connectivity index (χ1n) is 9.99. The van der Waals surface area contributed by atoms with Gasteiger partial charge in [-0.25, -0.2) is 9.97 Å². The van der Waals surface area contributed by atoms with E-state index >= 15 is 0 Å². The molecule has 0 saturated heterocycles. The molecule has 7 heteroatoms. The maximum atomic E-state index is 11.8. The average molecular weight is 398 g/mol. The molecular weight excluding hydrogens is 376 g/mol. The van der Waals surface area contributed by atoms with E-state index in [2.05, 4.69) is 27.8 Å². The molecule has 1 aliphatic heterocycles. The molecule has 5 rings (SSSR count). The van der Waals surface area contributed by atoms with Crippen molar-refractivity contribution in [2.75, 3.05) is 11.9 Å². The summed E-state index contributed by atoms with van der Waals surface area (Å²) in [5.41, 5.74) is 10.1. The number of H-pyrrole nitrogens is 1. The van der Waals surface area contributed by atoms with Crippen LogP contribution in [0.1, 0.15) is 27.2 Å². The lowest BCUT2D eigenvalue weighted by molar-refractivity contribution is 0.100. The number of fused-ring (bicyclic) bond motifs is 2. The summed E-state index contributed by atoms with van der Waals surface area (Å²) in [6.07, 6.45) is 2.67. The molecular formula is C23H22N6O. The number of carbonyl (C=O) groups excluding carboxylic acids is 1. The second-order valence-electron chi connectivity index (χ2n) is 7.38. The molecule has 7 nitrogen and oxygen atoms in total. The molecule has 0 radical (unpaired) electrons. The predicted octanol–water partition coefficient (Wildman–Crippen LogP) is 2.98. The molecule has 0 atom stereocenters. The van der Waals surface area contributed by atoms with E-state index < -0.39 is 5.91 Å². The number of primary amides is 1. The van der Waals surface area contributed by atoms with Gasteiger partial charge in [-0.1, -0.05) is 42.5 Å². The van der Waals surface area contributed by atoms with Gasteiger partial charge in [0.1, 0.15) is 5.82 Å². The van der Waals surface area contributed by atoms with Crippen LogP contribution in [0.15, 0.2) is 54.7 Å². The number of hydrogen-bond donors (Lipinski definition) is 4. The second-order valence-corrected chi connectivity index (χ2v) is 7.38. The van der Waals surface area contributed by atoms with Gasteiger partial charge < -0.3 is 21.4 Å². The van der Waals surface area contributed by atoms with Crippen molar-refractivity contribution < 1.29 is 4.79 Å². The van der Waals surface area contributed by atoms with E-state index in [-0.39, 0.29) is 0 Å². The number of nitrogens with two attached hydrogens (primary N) is 1. The van der Waals surface area contributed by atoms with Crippen molar-refractivity contribution >= 4 is 22.5 Å². The van der Waals surface area contributed by atoms with Gasteiger partial charge in [-0.15, -0.1) is 0 Å². The second kappa shape index (κ2) is 7.61. The SMILES string of the molecule is NC(=O)c1cccc2c(-c3nc4c(c(NCc5ccccc5)n3)CCNC4)[nH]cc12. The minimum atomic E-state index is -0.452. The van der Waals surface area contributed by atoms with Gasteiger partial charge >= 0.3 is 0 Å². The van der Waals surface area contributed by atoms with Gasteiger partial charge in [0.15, 0.2) is 5.82 Å². The van der Waals surface area contributed by atoms with Gasteiger partial charge in [0.2, 0.25) is 5.91 Å². The van der Waals surface area contributed by atoms with Crippen LogP contribution in [-0.2, 0) is 19.5 Å². The van der Waals surface area contributed by atoms with Crippen LogP contribution in [0.2, 0.25) is 0 Å². The van der Waals surface area contributed by atoms with Crippen molar-refractivity contribution in [1.82, 2.24) is 20.3 Å². The van der Waals surface area contributed by atoms with Crippen LogP contribution in [-0.4, -0.2) is 27.4 Å². The summed E-state index contributed by atoms with van der Waals surface area (Å²) in [4.78, 5) is 24.7. The van der Waals surface area contributed by atoms with Gasteiger partial charge in [-0.05, 0) is 24.6 Å². The molecule has 5 N–H and O–H groups in total. The third kappa shape index (κ3) is 3.29. The first kappa shape index (κ1) is 18.3. The number of aromatic nitrogens is 3. The lowest BCUT2D eigenvalue weighted by Gasteiger charge is -2.20. The van der Waals surface area contributed by atoms with Crippen molar-refractivity contribution in [2.45, 2.75) is 19.5 Å². The number of hydrogen-bond acceptors (Lipinski definition) is 5. The zero-order valence-corrected chi connectivity index (χ0v) is 16.4. The normalized spacial score (nSPS) is 13.2. The van der Waals surface area contributed by atoms with E-state index in [1.54, 1.807) is 12.3 Å². The van der Waals surface area contributed by atoms with Crippen molar-refractivity contribution in [3.63, 3.8) is 0 Å². The summed E-state index contributed by atoms with van der Waals surface area (Å²) in [6, 6.07) is 15.8. The Kier molecular flexibility index (Phi) is 4.65. The van der Waals surface area contributed by atoms with Gasteiger partial charge in [0, 0.05) is 41.2 Å². The van der Waals surface area contributed by atoms with Crippen LogP contribution in [0.25, 0.3) is 22.3 Å². The van der Waals surface area contributed by atoms with Crippen molar-refractivity contribution in [3.05, 3.63) is 77.1 Å². The van der Waals surface area contributed by atoms with Gasteiger partial charge in [0.05, 0.1) is 11.4 Å². The number of nitrogens with zero attached hydrogens (tertiary/aromatic N) is 2. The van der Waals surface area contributed by atoms with E-state index in [4.69, 9.17) is 15.7 Å². The first-order chi connectivity index (χ1) is 14.7. The number of carbonyl (C=O) groups is 1. The Morgan fingerprint density at radius 1 is 1.07 bits per heavy atom. The Morgan fingerprint density at radius 3 is 2.77 bits per heavy atom. The van der Waals surface area contributed by atoms with Crippen LogP contribution < -0.4 is 16.4 Å². The Labute approximate surface area is 173 Å². The number of benzene rings is 2. The lowest BCUT2D eigenvalue weighted by Crippen LogP contribution is -2.26. The van der Waals surface area contributed by atoms with E-state index in [1.165, 1.54) is 5.56 Å². The Balaban J connectivity index is 1.58. The predicted molar refractivity (Wildman–Crippen MR) is 117 cm³/mol. The molecule has 2 aromatic heterocycles. The summed E-state index contributed by atoms with van der Waals surface area (Å²) in [5, 5.41) is 8.54. The summed E-state index contributed by atoms with van der Waals surface area (Å²) in [7, 11) is 0. The van der Waals surface area contributed by atoms with Crippen molar-refractivity contribution in [1.29, 1.82) is 0 Å². The molecule has 0 aliphatic carbocycles. The van der Waals surface area contributed by atoms with Gasteiger partial charge in [-0.3, -0.25) is 4.79 Å². The zero-order valence-electron chi connectivity index (χ0n) is 16.4. The zero-order chi connectivity index (χ0) is 20.5. The monoisotopic (exact) mass is 398 g/mol. The Bertz CT molecular complexity index is 1230. The van der Waals surface area contributed by atoms with Crippen LogP contribution >= 0.6 is 0 Å². The minimum Gasteiger partial charge on any atom is -0.366 e. The third-order valence-electron chi connectivity index (χ3n) is 5.47. The number of amides is 1. The summed E-state index contributed by atoms with van der Waals surface area (Å²) >= 11 is 0. The summed E-state index contributed by atoms with van der Waals surface area (Å²) in [5.74, 6) is 1.01. The van der Waals surface area contributed by atoms with E-state index in [0.29, 0.717) is 24.5 Å². The van der Waals surface area contributed by atoms with E-state index in [0.717, 1.165) is 46.5 Å². The fourth-order valence-electron chi connectivity index (χ4n) is 3.96. The Morgan fingerprint density at radius 2 is 1.93 bits per heavy atom. The molecule has 0 unspecified atom stereocenters. The third-order valence-corrected chi connectivity index (χ3v) is 5.47. The lowest BCUT2D eigenvalue weighted by atomic mass is 10.1. The molecule has 3 heterocycles. The molecule has 4 aromatic rings. The molecule has 150 valence electrons. The highest BCUT2D eigenvalue weighted by atomic mass is 16.1. The minimum absolute atomic E-state index is 0.452. The van der Waals surface area contributed by atoms with Crippen LogP contribution in [0.3, 0.4) is 0 Å². The average Bonchev–Trinajstić information content (AvgIpc) is 3.22. The topological polar surface area (TPSA) is 109 Å². The van der Waals surface area contributed by atoms with Crippen molar-refractivity contribution in [3.8, 4) is 11.5 Å². The quantitative estimate of drug-likeness (QED) is 0.413. The number of nitrogens with one attached hydrogen (secondary N) is 3. The maximum absolute atomic E-state index is 11.8. The number of anilines is 1. The van der Waals surface area contributed by atoms with Crippen molar-refractivity contribution in [2.24, 2.45) is 5.73 Å². The van der Waals surface area contributed by atoms with E-state index in [1.807, 2.05) is 30.3 Å². The smallest absolute Gasteiger partial charge is 0.249 e. The van der Waals surface area contributed by atoms with Gasteiger partial charge in [0.25, 0.3) is 0 Å². The molecule has 0 spiro atoms. The fourth-order valence-corrected chi connectivity index (χ4v) is 3.96. The number of aromatic amines is 1. The first-order valence-corrected chi connectivity index (χ1v) is 9.99. The standard InChI is InChI=1S/C23H22N6O/c24-21(30)16-8-4-7-15-18(16)12-26-20(15)23-28-19-13-25-10-9-17(19)22(29-23)27-11-14-5-2-1-3-6-14/h1-8,12,25-26H,9-11,13H2,(H2,24,30)(H,27,28,29). The highest BCUT2D eigenvalue weighted by Gasteiger charge is 2.20. The van der Waals surface area contributed by atoms with E-state index in [9.17, 15) is 4.79 Å². The summed E-state index contributed by atoms with van der Waals surface area (Å²) < 4.78 is 0. The maximum Gasteiger partial charge on any atom is 0.249 e. The molecule has 0 bridgehead atoms. The molecule has 30 heavy (non-hydrogen) atoms. The Hall–Kier alpha value is -3.71.